The van der Waals surface area contributed by atoms with E-state index in [-0.39, 0.29) is 10.9 Å². The van der Waals surface area contributed by atoms with E-state index in [0.29, 0.717) is 17.5 Å². The second kappa shape index (κ2) is 4.71. The lowest BCUT2D eigenvalue weighted by atomic mass is 10.2. The first-order chi connectivity index (χ1) is 9.52. The molecule has 1 aromatic heterocycles. The third kappa shape index (κ3) is 2.25. The van der Waals surface area contributed by atoms with Gasteiger partial charge in [0.2, 0.25) is 10.0 Å². The van der Waals surface area contributed by atoms with Crippen LogP contribution in [0.4, 0.5) is 0 Å². The second-order valence-electron chi connectivity index (χ2n) is 4.89. The van der Waals surface area contributed by atoms with Gasteiger partial charge in [0.15, 0.2) is 0 Å². The molecular formula is C14H15NO4S. The smallest absolute Gasteiger partial charge is 0.336 e. The maximum atomic E-state index is 12.6. The van der Waals surface area contributed by atoms with Gasteiger partial charge in [-0.1, -0.05) is 6.92 Å². The molecule has 0 bridgehead atoms. The highest BCUT2D eigenvalue weighted by Gasteiger charge is 2.36. The van der Waals surface area contributed by atoms with Crippen LogP contribution in [0, 0.1) is 0 Å². The van der Waals surface area contributed by atoms with Crippen molar-refractivity contribution in [3.63, 3.8) is 0 Å². The first kappa shape index (κ1) is 13.3. The zero-order valence-corrected chi connectivity index (χ0v) is 11.9. The number of fused-ring (bicyclic) bond motifs is 1. The van der Waals surface area contributed by atoms with Crippen molar-refractivity contribution < 1.29 is 12.8 Å². The summed E-state index contributed by atoms with van der Waals surface area (Å²) in [4.78, 5) is 11.4. The highest BCUT2D eigenvalue weighted by atomic mass is 32.2. The van der Waals surface area contributed by atoms with Crippen LogP contribution in [0.2, 0.25) is 0 Å². The van der Waals surface area contributed by atoms with E-state index in [1.807, 2.05) is 6.92 Å². The minimum absolute atomic E-state index is 0.134. The van der Waals surface area contributed by atoms with Crippen molar-refractivity contribution in [2.75, 3.05) is 6.54 Å². The largest absolute Gasteiger partial charge is 0.423 e. The van der Waals surface area contributed by atoms with Crippen LogP contribution in [0.25, 0.3) is 11.0 Å². The van der Waals surface area contributed by atoms with Crippen LogP contribution in [0.15, 0.2) is 44.4 Å². The molecule has 1 aromatic carbocycles. The lowest BCUT2D eigenvalue weighted by Crippen LogP contribution is -2.32. The number of rotatable bonds is 4. The Morgan fingerprint density at radius 1 is 1.25 bits per heavy atom. The molecule has 1 fully saturated rings. The fraction of sp³-hybridized carbons (Fsp3) is 0.357. The standard InChI is InChI=1S/C14H15NO4S/c1-2-15(11-4-5-11)20(17,18)12-6-7-13-10(9-12)3-8-14(16)19-13/h3,6-9,11H,2,4-5H2,1H3. The topological polar surface area (TPSA) is 67.6 Å². The van der Waals surface area contributed by atoms with Crippen LogP contribution in [0.5, 0.6) is 0 Å². The summed E-state index contributed by atoms with van der Waals surface area (Å²) in [5.74, 6) is 0. The van der Waals surface area contributed by atoms with Gasteiger partial charge in [-0.05, 0) is 37.1 Å². The van der Waals surface area contributed by atoms with Crippen molar-refractivity contribution in [3.05, 3.63) is 40.8 Å². The van der Waals surface area contributed by atoms with Gasteiger partial charge in [-0.2, -0.15) is 4.31 Å². The number of sulfonamides is 1. The van der Waals surface area contributed by atoms with E-state index in [1.165, 1.54) is 22.5 Å². The van der Waals surface area contributed by atoms with Gasteiger partial charge in [0, 0.05) is 24.0 Å². The van der Waals surface area contributed by atoms with E-state index >= 15 is 0 Å². The Labute approximate surface area is 116 Å². The maximum Gasteiger partial charge on any atom is 0.336 e. The minimum atomic E-state index is -3.48. The summed E-state index contributed by atoms with van der Waals surface area (Å²) in [6.45, 7) is 2.31. The Hall–Kier alpha value is -1.66. The van der Waals surface area contributed by atoms with E-state index in [1.54, 1.807) is 12.1 Å². The highest BCUT2D eigenvalue weighted by molar-refractivity contribution is 7.89. The normalized spacial score (nSPS) is 15.9. The number of nitrogens with zero attached hydrogens (tertiary/aromatic N) is 1. The Balaban J connectivity index is 2.09. The summed E-state index contributed by atoms with van der Waals surface area (Å²) in [6, 6.07) is 7.58. The monoisotopic (exact) mass is 293 g/mol. The quantitative estimate of drug-likeness (QED) is 0.808. The third-order valence-electron chi connectivity index (χ3n) is 3.46. The van der Waals surface area contributed by atoms with E-state index in [2.05, 4.69) is 0 Å². The van der Waals surface area contributed by atoms with Crippen LogP contribution in [-0.2, 0) is 10.0 Å². The summed E-state index contributed by atoms with van der Waals surface area (Å²) in [7, 11) is -3.48. The zero-order valence-electron chi connectivity index (χ0n) is 11.1. The molecule has 0 amide bonds. The van der Waals surface area contributed by atoms with Gasteiger partial charge in [-0.25, -0.2) is 13.2 Å². The van der Waals surface area contributed by atoms with Crippen LogP contribution in [-0.4, -0.2) is 25.3 Å². The summed E-state index contributed by atoms with van der Waals surface area (Å²) in [5.41, 5.74) is -0.0489. The number of hydrogen-bond acceptors (Lipinski definition) is 4. The molecule has 2 aromatic rings. The van der Waals surface area contributed by atoms with Gasteiger partial charge < -0.3 is 4.42 Å². The van der Waals surface area contributed by atoms with Crippen LogP contribution >= 0.6 is 0 Å². The number of benzene rings is 1. The number of hydrogen-bond donors (Lipinski definition) is 0. The average Bonchev–Trinajstić information content (AvgIpc) is 3.23. The Bertz CT molecular complexity index is 805. The molecule has 5 nitrogen and oxygen atoms in total. The molecule has 0 aliphatic heterocycles. The molecule has 1 aliphatic carbocycles. The summed E-state index contributed by atoms with van der Waals surface area (Å²) in [5, 5.41) is 0.609. The molecule has 1 saturated carbocycles. The molecule has 1 aliphatic rings. The Morgan fingerprint density at radius 3 is 2.65 bits per heavy atom. The van der Waals surface area contributed by atoms with Gasteiger partial charge in [0.05, 0.1) is 4.90 Å². The van der Waals surface area contributed by atoms with E-state index < -0.39 is 15.6 Å². The van der Waals surface area contributed by atoms with Crippen molar-refractivity contribution in [3.8, 4) is 0 Å². The Kier molecular flexibility index (Phi) is 3.14. The minimum Gasteiger partial charge on any atom is -0.423 e. The summed E-state index contributed by atoms with van der Waals surface area (Å²) >= 11 is 0. The molecule has 106 valence electrons. The lowest BCUT2D eigenvalue weighted by molar-refractivity contribution is 0.421. The zero-order chi connectivity index (χ0) is 14.3. The molecule has 0 N–H and O–H groups in total. The van der Waals surface area contributed by atoms with Gasteiger partial charge in [-0.15, -0.1) is 0 Å². The predicted molar refractivity (Wildman–Crippen MR) is 75.1 cm³/mol. The Morgan fingerprint density at radius 2 is 2.00 bits per heavy atom. The van der Waals surface area contributed by atoms with E-state index in [4.69, 9.17) is 4.42 Å². The molecule has 6 heteroatoms. The maximum absolute atomic E-state index is 12.6. The van der Waals surface area contributed by atoms with Gasteiger partial charge in [0.1, 0.15) is 5.58 Å². The third-order valence-corrected chi connectivity index (χ3v) is 5.49. The second-order valence-corrected chi connectivity index (χ2v) is 6.78. The van der Waals surface area contributed by atoms with Crippen molar-refractivity contribution in [1.29, 1.82) is 0 Å². The molecule has 0 saturated heterocycles. The van der Waals surface area contributed by atoms with Gasteiger partial charge in [0.25, 0.3) is 0 Å². The fourth-order valence-corrected chi connectivity index (χ4v) is 4.06. The predicted octanol–water partition coefficient (Wildman–Crippen LogP) is 1.97. The van der Waals surface area contributed by atoms with Gasteiger partial charge >= 0.3 is 5.63 Å². The highest BCUT2D eigenvalue weighted by Crippen LogP contribution is 2.32. The van der Waals surface area contributed by atoms with Crippen molar-refractivity contribution in [2.45, 2.75) is 30.7 Å². The van der Waals surface area contributed by atoms with E-state index in [0.717, 1.165) is 12.8 Å². The first-order valence-electron chi connectivity index (χ1n) is 6.58. The molecule has 0 unspecified atom stereocenters. The molecular weight excluding hydrogens is 278 g/mol. The fourth-order valence-electron chi connectivity index (χ4n) is 2.33. The van der Waals surface area contributed by atoms with Crippen molar-refractivity contribution >= 4 is 21.0 Å². The average molecular weight is 293 g/mol. The van der Waals surface area contributed by atoms with Crippen LogP contribution < -0.4 is 5.63 Å². The summed E-state index contributed by atoms with van der Waals surface area (Å²) in [6.07, 6.45) is 1.85. The lowest BCUT2D eigenvalue weighted by Gasteiger charge is -2.20. The molecule has 0 spiro atoms. The SMILES string of the molecule is CCN(C1CC1)S(=O)(=O)c1ccc2oc(=O)ccc2c1. The molecule has 3 rings (SSSR count). The van der Waals surface area contributed by atoms with Crippen LogP contribution in [0.1, 0.15) is 19.8 Å². The molecule has 0 radical (unpaired) electrons. The molecule has 1 heterocycles. The van der Waals surface area contributed by atoms with Gasteiger partial charge in [-0.3, -0.25) is 0 Å². The van der Waals surface area contributed by atoms with E-state index in [9.17, 15) is 13.2 Å². The first-order valence-corrected chi connectivity index (χ1v) is 8.02. The molecule has 20 heavy (non-hydrogen) atoms. The van der Waals surface area contributed by atoms with Crippen LogP contribution in [0.3, 0.4) is 0 Å². The molecule has 0 atom stereocenters. The van der Waals surface area contributed by atoms with Crippen molar-refractivity contribution in [1.82, 2.24) is 4.31 Å². The summed E-state index contributed by atoms with van der Waals surface area (Å²) < 4.78 is 31.7. The van der Waals surface area contributed by atoms with Crippen molar-refractivity contribution in [2.24, 2.45) is 0 Å².